The maximum Gasteiger partial charge on any atom is 0.233 e. The highest BCUT2D eigenvalue weighted by atomic mass is 16.2. The van der Waals surface area contributed by atoms with Crippen LogP contribution in [-0.2, 0) is 4.79 Å². The number of benzene rings is 1. The first-order valence-electron chi connectivity index (χ1n) is 7.11. The summed E-state index contributed by atoms with van der Waals surface area (Å²) >= 11 is 0. The molecule has 1 heterocycles. The van der Waals surface area contributed by atoms with Gasteiger partial charge in [-0.3, -0.25) is 4.79 Å². The van der Waals surface area contributed by atoms with E-state index in [4.69, 9.17) is 0 Å². The highest BCUT2D eigenvalue weighted by molar-refractivity contribution is 5.97. The molecular formula is C16H24N2O. The number of hydrogen-bond acceptors (Lipinski definition) is 2. The van der Waals surface area contributed by atoms with Crippen LogP contribution in [0.2, 0.25) is 0 Å². The second-order valence-electron chi connectivity index (χ2n) is 5.64. The summed E-state index contributed by atoms with van der Waals surface area (Å²) in [7, 11) is 4.03. The number of rotatable bonds is 3. The van der Waals surface area contributed by atoms with Crippen LogP contribution in [0.5, 0.6) is 0 Å². The summed E-state index contributed by atoms with van der Waals surface area (Å²) in [5.41, 5.74) is 0.816. The van der Waals surface area contributed by atoms with Gasteiger partial charge in [0.1, 0.15) is 0 Å². The number of amides is 1. The Labute approximate surface area is 116 Å². The van der Waals surface area contributed by atoms with Crippen molar-refractivity contribution in [2.24, 2.45) is 5.41 Å². The van der Waals surface area contributed by atoms with E-state index in [-0.39, 0.29) is 11.3 Å². The molecule has 0 atom stereocenters. The van der Waals surface area contributed by atoms with E-state index in [1.54, 1.807) is 0 Å². The van der Waals surface area contributed by atoms with Gasteiger partial charge in [-0.25, -0.2) is 0 Å². The number of para-hydroxylation sites is 1. The molecule has 0 N–H and O–H groups in total. The molecular weight excluding hydrogens is 236 g/mol. The minimum atomic E-state index is -0.170. The first-order valence-corrected chi connectivity index (χ1v) is 7.11. The van der Waals surface area contributed by atoms with Gasteiger partial charge in [-0.05, 0) is 51.5 Å². The predicted octanol–water partition coefficient (Wildman–Crippen LogP) is 2.77. The number of anilines is 1. The molecule has 2 rings (SSSR count). The third-order valence-corrected chi connectivity index (χ3v) is 4.52. The van der Waals surface area contributed by atoms with E-state index in [9.17, 15) is 4.79 Å². The van der Waals surface area contributed by atoms with Gasteiger partial charge < -0.3 is 9.80 Å². The molecule has 1 saturated heterocycles. The van der Waals surface area contributed by atoms with Crippen molar-refractivity contribution in [1.29, 1.82) is 0 Å². The van der Waals surface area contributed by atoms with Gasteiger partial charge in [0, 0.05) is 12.7 Å². The van der Waals surface area contributed by atoms with Crippen LogP contribution in [-0.4, -0.2) is 38.0 Å². The molecule has 0 unspecified atom stereocenters. The van der Waals surface area contributed by atoms with E-state index in [0.717, 1.165) is 38.0 Å². The van der Waals surface area contributed by atoms with Gasteiger partial charge in [0.25, 0.3) is 0 Å². The van der Waals surface area contributed by atoms with Crippen LogP contribution in [0.4, 0.5) is 5.69 Å². The van der Waals surface area contributed by atoms with Crippen molar-refractivity contribution in [2.75, 3.05) is 32.1 Å². The zero-order chi connectivity index (χ0) is 13.9. The molecule has 0 bridgehead atoms. The molecule has 19 heavy (non-hydrogen) atoms. The summed E-state index contributed by atoms with van der Waals surface area (Å²) in [6.45, 7) is 4.17. The van der Waals surface area contributed by atoms with Gasteiger partial charge in [-0.15, -0.1) is 0 Å². The quantitative estimate of drug-likeness (QED) is 0.834. The summed E-state index contributed by atoms with van der Waals surface area (Å²) in [5, 5.41) is 0. The van der Waals surface area contributed by atoms with E-state index < -0.39 is 0 Å². The van der Waals surface area contributed by atoms with Crippen LogP contribution in [0.25, 0.3) is 0 Å². The van der Waals surface area contributed by atoms with Crippen molar-refractivity contribution in [3.8, 4) is 0 Å². The third-order valence-electron chi connectivity index (χ3n) is 4.52. The van der Waals surface area contributed by atoms with Crippen LogP contribution < -0.4 is 4.90 Å². The molecule has 1 amide bonds. The molecule has 1 aliphatic rings. The molecule has 1 fully saturated rings. The summed E-state index contributed by atoms with van der Waals surface area (Å²) in [6, 6.07) is 9.93. The largest absolute Gasteiger partial charge is 0.315 e. The minimum Gasteiger partial charge on any atom is -0.315 e. The Kier molecular flexibility index (Phi) is 4.25. The van der Waals surface area contributed by atoms with Crippen molar-refractivity contribution in [1.82, 2.24) is 4.90 Å². The fourth-order valence-corrected chi connectivity index (χ4v) is 2.89. The summed E-state index contributed by atoms with van der Waals surface area (Å²) in [6.07, 6.45) is 2.86. The molecule has 0 radical (unpaired) electrons. The summed E-state index contributed by atoms with van der Waals surface area (Å²) < 4.78 is 0. The lowest BCUT2D eigenvalue weighted by Gasteiger charge is -2.41. The molecule has 0 spiro atoms. The number of likely N-dealkylation sites (tertiary alicyclic amines) is 1. The average molecular weight is 260 g/mol. The molecule has 0 saturated carbocycles. The van der Waals surface area contributed by atoms with Crippen molar-refractivity contribution in [3.05, 3.63) is 30.3 Å². The molecule has 104 valence electrons. The van der Waals surface area contributed by atoms with Gasteiger partial charge in [-0.2, -0.15) is 0 Å². The van der Waals surface area contributed by atoms with Gasteiger partial charge in [0.15, 0.2) is 0 Å². The fourth-order valence-electron chi connectivity index (χ4n) is 2.89. The minimum absolute atomic E-state index is 0.170. The van der Waals surface area contributed by atoms with E-state index >= 15 is 0 Å². The van der Waals surface area contributed by atoms with Crippen LogP contribution in [0, 0.1) is 5.41 Å². The Balaban J connectivity index is 2.17. The monoisotopic (exact) mass is 260 g/mol. The number of carbonyl (C=O) groups excluding carboxylic acids is 1. The Bertz CT molecular complexity index is 422. The first kappa shape index (κ1) is 14.1. The molecule has 0 aliphatic carbocycles. The number of nitrogens with zero attached hydrogens (tertiary/aromatic N) is 2. The molecule has 1 aromatic carbocycles. The number of carbonyl (C=O) groups is 1. The zero-order valence-electron chi connectivity index (χ0n) is 12.2. The predicted molar refractivity (Wildman–Crippen MR) is 79.3 cm³/mol. The number of piperidine rings is 1. The summed E-state index contributed by atoms with van der Waals surface area (Å²) in [5.74, 6) is 0.273. The van der Waals surface area contributed by atoms with E-state index in [2.05, 4.69) is 18.9 Å². The zero-order valence-corrected chi connectivity index (χ0v) is 12.2. The average Bonchev–Trinajstić information content (AvgIpc) is 2.48. The highest BCUT2D eigenvalue weighted by Crippen LogP contribution is 2.37. The second-order valence-corrected chi connectivity index (χ2v) is 5.64. The Morgan fingerprint density at radius 3 is 2.37 bits per heavy atom. The lowest BCUT2D eigenvalue weighted by atomic mass is 9.75. The van der Waals surface area contributed by atoms with Crippen LogP contribution >= 0.6 is 0 Å². The molecule has 1 aromatic rings. The topological polar surface area (TPSA) is 23.6 Å². The van der Waals surface area contributed by atoms with Crippen LogP contribution in [0.15, 0.2) is 30.3 Å². The first-order chi connectivity index (χ1) is 9.09. The summed E-state index contributed by atoms with van der Waals surface area (Å²) in [4.78, 5) is 17.0. The van der Waals surface area contributed by atoms with Gasteiger partial charge in [0.05, 0.1) is 5.41 Å². The lowest BCUT2D eigenvalue weighted by Crippen LogP contribution is -2.48. The smallest absolute Gasteiger partial charge is 0.233 e. The Morgan fingerprint density at radius 1 is 1.26 bits per heavy atom. The van der Waals surface area contributed by atoms with Gasteiger partial charge >= 0.3 is 0 Å². The van der Waals surface area contributed by atoms with Crippen molar-refractivity contribution in [3.63, 3.8) is 0 Å². The van der Waals surface area contributed by atoms with Crippen molar-refractivity contribution >= 4 is 11.6 Å². The SMILES string of the molecule is CCC1(C(=O)N(C)c2ccccc2)CCN(C)CC1. The van der Waals surface area contributed by atoms with Crippen LogP contribution in [0.1, 0.15) is 26.2 Å². The second kappa shape index (κ2) is 5.74. The van der Waals surface area contributed by atoms with E-state index in [0.29, 0.717) is 0 Å². The van der Waals surface area contributed by atoms with Gasteiger partial charge in [0.2, 0.25) is 5.91 Å². The Morgan fingerprint density at radius 2 is 1.84 bits per heavy atom. The highest BCUT2D eigenvalue weighted by Gasteiger charge is 2.40. The van der Waals surface area contributed by atoms with E-state index in [1.165, 1.54) is 0 Å². The number of hydrogen-bond donors (Lipinski definition) is 0. The molecule has 1 aliphatic heterocycles. The normalized spacial score (nSPS) is 19.1. The maximum atomic E-state index is 12.9. The van der Waals surface area contributed by atoms with Crippen LogP contribution in [0.3, 0.4) is 0 Å². The Hall–Kier alpha value is -1.35. The van der Waals surface area contributed by atoms with Gasteiger partial charge in [-0.1, -0.05) is 25.1 Å². The molecule has 0 aromatic heterocycles. The van der Waals surface area contributed by atoms with Crippen molar-refractivity contribution < 1.29 is 4.79 Å². The third kappa shape index (κ3) is 2.81. The maximum absolute atomic E-state index is 12.9. The van der Waals surface area contributed by atoms with Crippen molar-refractivity contribution in [2.45, 2.75) is 26.2 Å². The lowest BCUT2D eigenvalue weighted by molar-refractivity contribution is -0.130. The molecule has 3 nitrogen and oxygen atoms in total. The fraction of sp³-hybridized carbons (Fsp3) is 0.562. The van der Waals surface area contributed by atoms with E-state index in [1.807, 2.05) is 42.3 Å². The standard InChI is InChI=1S/C16H24N2O/c1-4-16(10-12-17(2)13-11-16)15(19)18(3)14-8-6-5-7-9-14/h5-9H,4,10-13H2,1-3H3. The molecule has 3 heteroatoms.